The van der Waals surface area contributed by atoms with Crippen molar-refractivity contribution in [1.29, 1.82) is 0 Å². The van der Waals surface area contributed by atoms with E-state index in [-0.39, 0.29) is 12.5 Å². The predicted octanol–water partition coefficient (Wildman–Crippen LogP) is -0.485. The molecule has 1 aliphatic heterocycles. The fraction of sp³-hybridized carbons (Fsp3) is 0.727. The Morgan fingerprint density at radius 1 is 1.44 bits per heavy atom. The van der Waals surface area contributed by atoms with Crippen LogP contribution in [0.15, 0.2) is 0 Å². The monoisotopic (exact) mass is 258 g/mol. The molecule has 0 saturated carbocycles. The van der Waals surface area contributed by atoms with Crippen LogP contribution in [0.4, 0.5) is 0 Å². The molecular formula is C11H18N2O5. The molecule has 0 aromatic carbocycles. The first-order valence-electron chi connectivity index (χ1n) is 5.91. The maximum Gasteiger partial charge on any atom is 0.323 e. The van der Waals surface area contributed by atoms with Gasteiger partial charge in [0.1, 0.15) is 12.6 Å². The van der Waals surface area contributed by atoms with E-state index in [1.54, 1.807) is 0 Å². The SMILES string of the molecule is CC(NC1CCCCN(CC(=O)O)C1=O)C(=O)O. The lowest BCUT2D eigenvalue weighted by molar-refractivity contribution is -0.146. The normalized spacial score (nSPS) is 22.4. The smallest absolute Gasteiger partial charge is 0.323 e. The molecule has 2 atom stereocenters. The van der Waals surface area contributed by atoms with Gasteiger partial charge in [0.15, 0.2) is 0 Å². The number of rotatable bonds is 5. The number of nitrogens with zero attached hydrogens (tertiary/aromatic N) is 1. The molecule has 0 aromatic rings. The standard InChI is InChI=1S/C11H18N2O5/c1-7(11(17)18)12-8-4-2-3-5-13(10(8)16)6-9(14)15/h7-8,12H,2-6H2,1H3,(H,14,15)(H,17,18). The Kier molecular flexibility index (Phi) is 5.08. The van der Waals surface area contributed by atoms with E-state index in [1.165, 1.54) is 11.8 Å². The molecule has 1 saturated heterocycles. The molecule has 1 aliphatic rings. The van der Waals surface area contributed by atoms with Gasteiger partial charge in [-0.2, -0.15) is 0 Å². The minimum atomic E-state index is -1.06. The summed E-state index contributed by atoms with van der Waals surface area (Å²) in [5, 5.41) is 20.2. The molecule has 0 aromatic heterocycles. The number of nitrogens with one attached hydrogen (secondary N) is 1. The van der Waals surface area contributed by atoms with E-state index in [9.17, 15) is 14.4 Å². The van der Waals surface area contributed by atoms with Gasteiger partial charge in [-0.3, -0.25) is 19.7 Å². The summed E-state index contributed by atoms with van der Waals surface area (Å²) in [6.45, 7) is 1.53. The minimum absolute atomic E-state index is 0.331. The second kappa shape index (κ2) is 6.34. The topological polar surface area (TPSA) is 107 Å². The number of carbonyl (C=O) groups is 3. The van der Waals surface area contributed by atoms with E-state index < -0.39 is 24.0 Å². The molecule has 18 heavy (non-hydrogen) atoms. The third kappa shape index (κ3) is 3.99. The fourth-order valence-corrected chi connectivity index (χ4v) is 1.95. The first-order valence-corrected chi connectivity index (χ1v) is 5.91. The number of carboxylic acids is 2. The van der Waals surface area contributed by atoms with Crippen LogP contribution in [0.5, 0.6) is 0 Å². The fourth-order valence-electron chi connectivity index (χ4n) is 1.95. The van der Waals surface area contributed by atoms with Gasteiger partial charge in [-0.25, -0.2) is 0 Å². The van der Waals surface area contributed by atoms with E-state index >= 15 is 0 Å². The summed E-state index contributed by atoms with van der Waals surface area (Å²) in [7, 11) is 0. The third-order valence-corrected chi connectivity index (χ3v) is 2.93. The van der Waals surface area contributed by atoms with Crippen LogP contribution in [0.3, 0.4) is 0 Å². The molecule has 1 heterocycles. The van der Waals surface area contributed by atoms with Gasteiger partial charge in [0, 0.05) is 6.54 Å². The van der Waals surface area contributed by atoms with Gasteiger partial charge >= 0.3 is 11.9 Å². The van der Waals surface area contributed by atoms with Gasteiger partial charge in [0.2, 0.25) is 5.91 Å². The minimum Gasteiger partial charge on any atom is -0.480 e. The summed E-state index contributed by atoms with van der Waals surface area (Å²) in [6, 6.07) is -1.44. The van der Waals surface area contributed by atoms with Gasteiger partial charge < -0.3 is 15.1 Å². The number of hydrogen-bond donors (Lipinski definition) is 3. The van der Waals surface area contributed by atoms with E-state index in [0.29, 0.717) is 13.0 Å². The molecular weight excluding hydrogens is 240 g/mol. The molecule has 1 amide bonds. The van der Waals surface area contributed by atoms with Crippen molar-refractivity contribution < 1.29 is 24.6 Å². The predicted molar refractivity (Wildman–Crippen MR) is 62.1 cm³/mol. The number of carbonyl (C=O) groups excluding carboxylic acids is 1. The average molecular weight is 258 g/mol. The maximum absolute atomic E-state index is 12.0. The third-order valence-electron chi connectivity index (χ3n) is 2.93. The molecule has 0 aliphatic carbocycles. The summed E-state index contributed by atoms with van der Waals surface area (Å²) in [6.07, 6.45) is 2.04. The quantitative estimate of drug-likeness (QED) is 0.614. The van der Waals surface area contributed by atoms with Crippen LogP contribution < -0.4 is 5.32 Å². The van der Waals surface area contributed by atoms with Crippen LogP contribution >= 0.6 is 0 Å². The van der Waals surface area contributed by atoms with Crippen LogP contribution in [0.2, 0.25) is 0 Å². The first-order chi connectivity index (χ1) is 8.41. The van der Waals surface area contributed by atoms with Crippen LogP contribution in [0.1, 0.15) is 26.2 Å². The molecule has 2 unspecified atom stereocenters. The number of amides is 1. The molecule has 7 heteroatoms. The molecule has 102 valence electrons. The lowest BCUT2D eigenvalue weighted by Crippen LogP contribution is -2.51. The number of aliphatic carboxylic acids is 2. The maximum atomic E-state index is 12.0. The van der Waals surface area contributed by atoms with Crippen molar-refractivity contribution in [3.8, 4) is 0 Å². The van der Waals surface area contributed by atoms with Crippen molar-refractivity contribution >= 4 is 17.8 Å². The van der Waals surface area contributed by atoms with Crippen molar-refractivity contribution in [1.82, 2.24) is 10.2 Å². The summed E-state index contributed by atoms with van der Waals surface area (Å²) in [5.74, 6) is -2.42. The van der Waals surface area contributed by atoms with Gasteiger partial charge in [-0.05, 0) is 26.2 Å². The van der Waals surface area contributed by atoms with Gasteiger partial charge in [0.05, 0.1) is 6.04 Å². The highest BCUT2D eigenvalue weighted by molar-refractivity contribution is 5.86. The number of likely N-dealkylation sites (tertiary alicyclic amines) is 1. The summed E-state index contributed by atoms with van der Waals surface area (Å²) < 4.78 is 0. The Balaban J connectivity index is 2.68. The lowest BCUT2D eigenvalue weighted by Gasteiger charge is -2.24. The van der Waals surface area contributed by atoms with Crippen LogP contribution in [-0.4, -0.2) is 58.1 Å². The van der Waals surface area contributed by atoms with E-state index in [2.05, 4.69) is 5.32 Å². The summed E-state index contributed by atoms with van der Waals surface area (Å²) in [5.41, 5.74) is 0. The zero-order valence-electron chi connectivity index (χ0n) is 10.3. The number of hydrogen-bond acceptors (Lipinski definition) is 4. The van der Waals surface area contributed by atoms with Crippen molar-refractivity contribution in [2.75, 3.05) is 13.1 Å². The van der Waals surface area contributed by atoms with Crippen molar-refractivity contribution in [2.45, 2.75) is 38.3 Å². The molecule has 1 fully saturated rings. The lowest BCUT2D eigenvalue weighted by atomic mass is 10.1. The Bertz CT molecular complexity index is 344. The zero-order chi connectivity index (χ0) is 13.7. The second-order valence-electron chi connectivity index (χ2n) is 4.43. The van der Waals surface area contributed by atoms with Crippen LogP contribution in [0.25, 0.3) is 0 Å². The summed E-state index contributed by atoms with van der Waals surface area (Å²) in [4.78, 5) is 34.7. The van der Waals surface area contributed by atoms with Crippen molar-refractivity contribution in [3.05, 3.63) is 0 Å². The first kappa shape index (κ1) is 14.4. The Hall–Kier alpha value is -1.63. The average Bonchev–Trinajstić information content (AvgIpc) is 2.43. The van der Waals surface area contributed by atoms with E-state index in [0.717, 1.165) is 12.8 Å². The Morgan fingerprint density at radius 3 is 2.67 bits per heavy atom. The molecule has 1 rings (SSSR count). The molecule has 0 radical (unpaired) electrons. The zero-order valence-corrected chi connectivity index (χ0v) is 10.3. The van der Waals surface area contributed by atoms with Gasteiger partial charge in [-0.1, -0.05) is 0 Å². The number of carboxylic acid groups (broad SMARTS) is 2. The Morgan fingerprint density at radius 2 is 2.11 bits per heavy atom. The van der Waals surface area contributed by atoms with Crippen LogP contribution in [0, 0.1) is 0 Å². The molecule has 3 N–H and O–H groups in total. The second-order valence-corrected chi connectivity index (χ2v) is 4.43. The highest BCUT2D eigenvalue weighted by Gasteiger charge is 2.30. The highest BCUT2D eigenvalue weighted by atomic mass is 16.4. The molecule has 0 spiro atoms. The van der Waals surface area contributed by atoms with E-state index in [4.69, 9.17) is 10.2 Å². The van der Waals surface area contributed by atoms with Crippen molar-refractivity contribution in [3.63, 3.8) is 0 Å². The van der Waals surface area contributed by atoms with Gasteiger partial charge in [-0.15, -0.1) is 0 Å². The van der Waals surface area contributed by atoms with Gasteiger partial charge in [0.25, 0.3) is 0 Å². The largest absolute Gasteiger partial charge is 0.480 e. The van der Waals surface area contributed by atoms with Crippen molar-refractivity contribution in [2.24, 2.45) is 0 Å². The van der Waals surface area contributed by atoms with E-state index in [1.807, 2.05) is 0 Å². The van der Waals surface area contributed by atoms with Crippen LogP contribution in [-0.2, 0) is 14.4 Å². The highest BCUT2D eigenvalue weighted by Crippen LogP contribution is 2.12. The molecule has 7 nitrogen and oxygen atoms in total. The summed E-state index contributed by atoms with van der Waals surface area (Å²) >= 11 is 0. The molecule has 0 bridgehead atoms. The Labute approximate surface area is 105 Å².